The molecule has 0 bridgehead atoms. The second-order valence-electron chi connectivity index (χ2n) is 11.5. The van der Waals surface area contributed by atoms with Gasteiger partial charge in [-0.15, -0.1) is 6.42 Å². The van der Waals surface area contributed by atoms with Crippen LogP contribution in [0.25, 0.3) is 0 Å². The average molecular weight is 618 g/mol. The number of carbonyl (C=O) groups excluding carboxylic acids is 3. The minimum Gasteiger partial charge on any atom is -0.508 e. The Morgan fingerprint density at radius 1 is 1.05 bits per heavy atom. The molecule has 0 heterocycles. The van der Waals surface area contributed by atoms with Crippen LogP contribution in [0.2, 0.25) is 5.02 Å². The van der Waals surface area contributed by atoms with Crippen LogP contribution in [-0.4, -0.2) is 46.1 Å². The lowest BCUT2D eigenvalue weighted by Crippen LogP contribution is -2.53. The van der Waals surface area contributed by atoms with E-state index in [1.165, 1.54) is 17.0 Å². The standard InChI is InChI=1S/C35H40ClN3O5/c1-7-9-21-39(33(42)29(37-34(43)44-35(4,5)6)22-24-17-19-26(40)20-18-24)31(27-15-11-10-14-25(27)8-2)32(41)38-30-23(3)13-12-16-28(30)36/h2,10-20,29,31,40H,7,9,21-22H2,1,3-6H3,(H,37,43)(H,38,41). The third-order valence-electron chi connectivity index (χ3n) is 6.84. The number of aryl methyl sites for hydroxylation is 1. The number of ether oxygens (including phenoxy) is 1. The maximum absolute atomic E-state index is 14.6. The number of hydrogen-bond acceptors (Lipinski definition) is 5. The van der Waals surface area contributed by atoms with Gasteiger partial charge in [0.15, 0.2) is 0 Å². The van der Waals surface area contributed by atoms with Gasteiger partial charge in [-0.3, -0.25) is 9.59 Å². The van der Waals surface area contributed by atoms with Crippen LogP contribution in [0, 0.1) is 19.3 Å². The average Bonchev–Trinajstić information content (AvgIpc) is 2.96. The van der Waals surface area contributed by atoms with Crippen molar-refractivity contribution in [1.29, 1.82) is 0 Å². The molecule has 0 spiro atoms. The van der Waals surface area contributed by atoms with Gasteiger partial charge in [-0.25, -0.2) is 4.79 Å². The van der Waals surface area contributed by atoms with E-state index in [1.54, 1.807) is 69.3 Å². The molecule has 0 aliphatic carbocycles. The van der Waals surface area contributed by atoms with Crippen LogP contribution in [0.3, 0.4) is 0 Å². The highest BCUT2D eigenvalue weighted by Gasteiger charge is 2.37. The molecule has 0 saturated heterocycles. The molecule has 3 N–H and O–H groups in total. The van der Waals surface area contributed by atoms with Crippen LogP contribution in [0.1, 0.15) is 68.8 Å². The van der Waals surface area contributed by atoms with Crippen molar-refractivity contribution in [2.75, 3.05) is 11.9 Å². The molecule has 9 heteroatoms. The molecular formula is C35H40ClN3O5. The molecule has 0 radical (unpaired) electrons. The highest BCUT2D eigenvalue weighted by atomic mass is 35.5. The van der Waals surface area contributed by atoms with E-state index >= 15 is 0 Å². The number of hydrogen-bond donors (Lipinski definition) is 3. The molecule has 232 valence electrons. The molecule has 0 fully saturated rings. The van der Waals surface area contributed by atoms with E-state index in [1.807, 2.05) is 19.9 Å². The largest absolute Gasteiger partial charge is 0.508 e. The minimum absolute atomic E-state index is 0.0683. The number of anilines is 1. The number of halogens is 1. The molecule has 3 rings (SSSR count). The molecule has 3 aromatic rings. The van der Waals surface area contributed by atoms with E-state index in [0.717, 1.165) is 12.0 Å². The summed E-state index contributed by atoms with van der Waals surface area (Å²) in [5, 5.41) is 15.8. The third kappa shape index (κ3) is 9.26. The Bertz CT molecular complexity index is 1490. The van der Waals surface area contributed by atoms with Gasteiger partial charge < -0.3 is 25.4 Å². The Kier molecular flexibility index (Phi) is 11.8. The summed E-state index contributed by atoms with van der Waals surface area (Å²) in [4.78, 5) is 43.3. The highest BCUT2D eigenvalue weighted by molar-refractivity contribution is 6.34. The van der Waals surface area contributed by atoms with Gasteiger partial charge in [0.25, 0.3) is 5.91 Å². The number of benzene rings is 3. The van der Waals surface area contributed by atoms with Crippen molar-refractivity contribution < 1.29 is 24.2 Å². The van der Waals surface area contributed by atoms with Gasteiger partial charge in [-0.05, 0) is 75.1 Å². The van der Waals surface area contributed by atoms with E-state index in [2.05, 4.69) is 16.6 Å². The van der Waals surface area contributed by atoms with Crippen LogP contribution in [0.15, 0.2) is 66.7 Å². The lowest BCUT2D eigenvalue weighted by molar-refractivity contribution is -0.140. The summed E-state index contributed by atoms with van der Waals surface area (Å²) in [7, 11) is 0. The van der Waals surface area contributed by atoms with Crippen molar-refractivity contribution in [3.63, 3.8) is 0 Å². The van der Waals surface area contributed by atoms with Gasteiger partial charge in [-0.1, -0.05) is 73.3 Å². The van der Waals surface area contributed by atoms with E-state index in [9.17, 15) is 19.5 Å². The minimum atomic E-state index is -1.15. The van der Waals surface area contributed by atoms with Crippen LogP contribution in [0.4, 0.5) is 10.5 Å². The summed E-state index contributed by atoms with van der Waals surface area (Å²) < 4.78 is 5.49. The molecule has 2 atom stereocenters. The Morgan fingerprint density at radius 2 is 1.73 bits per heavy atom. The van der Waals surface area contributed by atoms with Crippen LogP contribution in [0.5, 0.6) is 5.75 Å². The second kappa shape index (κ2) is 15.3. The summed E-state index contributed by atoms with van der Waals surface area (Å²) in [6, 6.07) is 16.3. The number of nitrogens with zero attached hydrogens (tertiary/aromatic N) is 1. The number of terminal acetylenes is 1. The zero-order valence-electron chi connectivity index (χ0n) is 25.8. The quantitative estimate of drug-likeness (QED) is 0.206. The van der Waals surface area contributed by atoms with Gasteiger partial charge in [0.05, 0.1) is 10.7 Å². The Balaban J connectivity index is 2.14. The van der Waals surface area contributed by atoms with E-state index in [-0.39, 0.29) is 18.7 Å². The van der Waals surface area contributed by atoms with Crippen molar-refractivity contribution in [1.82, 2.24) is 10.2 Å². The van der Waals surface area contributed by atoms with Crippen LogP contribution in [-0.2, 0) is 20.7 Å². The maximum atomic E-state index is 14.6. The topological polar surface area (TPSA) is 108 Å². The molecule has 0 aliphatic rings. The molecular weight excluding hydrogens is 578 g/mol. The first-order chi connectivity index (χ1) is 20.8. The first-order valence-electron chi connectivity index (χ1n) is 14.5. The van der Waals surface area contributed by atoms with Gasteiger partial charge in [0.1, 0.15) is 23.4 Å². The summed E-state index contributed by atoms with van der Waals surface area (Å²) in [5.74, 6) is 1.71. The normalized spacial score (nSPS) is 12.4. The Hall–Kier alpha value is -4.48. The summed E-state index contributed by atoms with van der Waals surface area (Å²) >= 11 is 6.46. The highest BCUT2D eigenvalue weighted by Crippen LogP contribution is 2.31. The lowest BCUT2D eigenvalue weighted by atomic mass is 9.96. The number of unbranched alkanes of at least 4 members (excludes halogenated alkanes) is 1. The SMILES string of the molecule is C#Cc1ccccc1C(C(=O)Nc1c(C)cccc1Cl)N(CCCC)C(=O)C(Cc1ccc(O)cc1)NC(=O)OC(C)(C)C. The van der Waals surface area contributed by atoms with Gasteiger partial charge >= 0.3 is 6.09 Å². The molecule has 0 aliphatic heterocycles. The number of carbonyl (C=O) groups is 3. The van der Waals surface area contributed by atoms with Gasteiger partial charge in [0.2, 0.25) is 5.91 Å². The number of alkyl carbamates (subject to hydrolysis) is 1. The first-order valence-corrected chi connectivity index (χ1v) is 14.9. The van der Waals surface area contributed by atoms with Gasteiger partial charge in [0, 0.05) is 18.5 Å². The van der Waals surface area contributed by atoms with Crippen LogP contribution >= 0.6 is 11.6 Å². The van der Waals surface area contributed by atoms with Crippen molar-refractivity contribution in [3.8, 4) is 18.1 Å². The Labute approximate surface area is 264 Å². The van der Waals surface area contributed by atoms with Gasteiger partial charge in [-0.2, -0.15) is 0 Å². The van der Waals surface area contributed by atoms with Crippen molar-refractivity contribution in [2.45, 2.75) is 71.6 Å². The monoisotopic (exact) mass is 617 g/mol. The number of phenols is 1. The zero-order chi connectivity index (χ0) is 32.4. The second-order valence-corrected chi connectivity index (χ2v) is 11.9. The number of aromatic hydroxyl groups is 1. The van der Waals surface area contributed by atoms with E-state index in [4.69, 9.17) is 22.8 Å². The number of amides is 3. The first kappa shape index (κ1) is 34.0. The molecule has 2 unspecified atom stereocenters. The summed E-state index contributed by atoms with van der Waals surface area (Å²) in [6.07, 6.45) is 6.48. The Morgan fingerprint density at radius 3 is 2.34 bits per heavy atom. The smallest absolute Gasteiger partial charge is 0.408 e. The van der Waals surface area contributed by atoms with E-state index < -0.39 is 35.6 Å². The number of nitrogens with one attached hydrogen (secondary N) is 2. The maximum Gasteiger partial charge on any atom is 0.408 e. The van der Waals surface area contributed by atoms with Crippen molar-refractivity contribution in [3.05, 3.63) is 94.0 Å². The molecule has 3 amide bonds. The molecule has 0 saturated carbocycles. The van der Waals surface area contributed by atoms with Crippen molar-refractivity contribution >= 4 is 35.2 Å². The fourth-order valence-corrected chi connectivity index (χ4v) is 4.98. The molecule has 44 heavy (non-hydrogen) atoms. The summed E-state index contributed by atoms with van der Waals surface area (Å²) in [6.45, 7) is 9.19. The fourth-order valence-electron chi connectivity index (χ4n) is 4.71. The van der Waals surface area contributed by atoms with Crippen LogP contribution < -0.4 is 10.6 Å². The van der Waals surface area contributed by atoms with E-state index in [0.29, 0.717) is 33.8 Å². The number of phenolic OH excluding ortho intramolecular Hbond substituents is 1. The fraction of sp³-hybridized carbons (Fsp3) is 0.343. The lowest BCUT2D eigenvalue weighted by Gasteiger charge is -2.35. The zero-order valence-corrected chi connectivity index (χ0v) is 26.6. The van der Waals surface area contributed by atoms with Crippen molar-refractivity contribution in [2.24, 2.45) is 0 Å². The molecule has 3 aromatic carbocycles. The number of rotatable bonds is 11. The third-order valence-corrected chi connectivity index (χ3v) is 7.16. The predicted molar refractivity (Wildman–Crippen MR) is 174 cm³/mol. The predicted octanol–water partition coefficient (Wildman–Crippen LogP) is 6.78. The number of para-hydroxylation sites is 1. The molecule has 0 aromatic heterocycles. The summed E-state index contributed by atoms with van der Waals surface area (Å²) in [5.41, 5.74) is 1.97. The molecule has 8 nitrogen and oxygen atoms in total.